The minimum atomic E-state index is -2.80. The molecule has 5 heteroatoms. The van der Waals surface area contributed by atoms with E-state index < -0.39 is 9.84 Å². The second-order valence-corrected chi connectivity index (χ2v) is 7.79. The molecule has 0 saturated heterocycles. The summed E-state index contributed by atoms with van der Waals surface area (Å²) in [7, 11) is -2.80. The molecular weight excluding hydrogens is 230 g/mol. The number of thioether (sulfide) groups is 1. The molecule has 3 nitrogen and oxygen atoms in total. The first kappa shape index (κ1) is 13.3. The minimum absolute atomic E-state index is 0.283. The van der Waals surface area contributed by atoms with Crippen LogP contribution in [0.1, 0.15) is 26.2 Å². The average molecular weight is 251 g/mol. The smallest absolute Gasteiger partial charge is 0.151 e. The third-order valence-electron chi connectivity index (χ3n) is 2.79. The van der Waals surface area contributed by atoms with Crippen LogP contribution in [0, 0.1) is 0 Å². The van der Waals surface area contributed by atoms with Crippen molar-refractivity contribution in [1.82, 2.24) is 5.32 Å². The van der Waals surface area contributed by atoms with Crippen LogP contribution in [0.2, 0.25) is 0 Å². The highest BCUT2D eigenvalue weighted by molar-refractivity contribution is 8.00. The lowest BCUT2D eigenvalue weighted by molar-refractivity contribution is 0.588. The summed E-state index contributed by atoms with van der Waals surface area (Å²) in [6, 6.07) is 0. The zero-order valence-corrected chi connectivity index (χ0v) is 11.2. The van der Waals surface area contributed by atoms with Crippen molar-refractivity contribution in [3.05, 3.63) is 0 Å². The summed E-state index contributed by atoms with van der Waals surface area (Å²) in [5, 5.41) is 3.25. The van der Waals surface area contributed by atoms with Crippen molar-refractivity contribution in [3.63, 3.8) is 0 Å². The summed E-state index contributed by atoms with van der Waals surface area (Å²) in [4.78, 5) is 0. The zero-order chi connectivity index (χ0) is 11.4. The van der Waals surface area contributed by atoms with E-state index in [1.165, 1.54) is 12.8 Å². The SMILES string of the molecule is CCCS(=O)(=O)CCNCC1(SC)CC1. The van der Waals surface area contributed by atoms with Crippen molar-refractivity contribution in [2.24, 2.45) is 0 Å². The van der Waals surface area contributed by atoms with Crippen molar-refractivity contribution < 1.29 is 8.42 Å². The molecule has 1 aliphatic rings. The summed E-state index contributed by atoms with van der Waals surface area (Å²) >= 11 is 1.89. The molecule has 0 aromatic heterocycles. The molecule has 1 rings (SSSR count). The predicted octanol–water partition coefficient (Wildman–Crippen LogP) is 1.30. The fourth-order valence-electron chi connectivity index (χ4n) is 1.55. The van der Waals surface area contributed by atoms with Crippen LogP contribution >= 0.6 is 11.8 Å². The van der Waals surface area contributed by atoms with E-state index >= 15 is 0 Å². The maximum Gasteiger partial charge on any atom is 0.151 e. The molecule has 1 saturated carbocycles. The fraction of sp³-hybridized carbons (Fsp3) is 1.00. The highest BCUT2D eigenvalue weighted by Gasteiger charge is 2.41. The Morgan fingerprint density at radius 3 is 2.47 bits per heavy atom. The molecule has 0 aromatic rings. The van der Waals surface area contributed by atoms with Crippen LogP contribution in [0.5, 0.6) is 0 Å². The molecule has 0 unspecified atom stereocenters. The Morgan fingerprint density at radius 2 is 2.00 bits per heavy atom. The number of rotatable bonds is 8. The van der Waals surface area contributed by atoms with Crippen LogP contribution in [-0.4, -0.2) is 44.0 Å². The van der Waals surface area contributed by atoms with Crippen LogP contribution in [-0.2, 0) is 9.84 Å². The topological polar surface area (TPSA) is 46.2 Å². The van der Waals surface area contributed by atoms with Gasteiger partial charge in [0.05, 0.1) is 5.75 Å². The lowest BCUT2D eigenvalue weighted by Gasteiger charge is -2.12. The molecule has 0 bridgehead atoms. The predicted molar refractivity (Wildman–Crippen MR) is 67.3 cm³/mol. The molecule has 0 atom stereocenters. The molecule has 0 spiro atoms. The van der Waals surface area contributed by atoms with Gasteiger partial charge in [0.15, 0.2) is 9.84 Å². The Hall–Kier alpha value is 0.260. The van der Waals surface area contributed by atoms with E-state index in [9.17, 15) is 8.42 Å². The van der Waals surface area contributed by atoms with Crippen molar-refractivity contribution in [2.75, 3.05) is 30.9 Å². The van der Waals surface area contributed by atoms with Gasteiger partial charge < -0.3 is 5.32 Å². The van der Waals surface area contributed by atoms with Gasteiger partial charge in [0.2, 0.25) is 0 Å². The standard InChI is InChI=1S/C10H21NO2S2/c1-3-7-15(12,13)8-6-11-9-10(14-2)4-5-10/h11H,3-9H2,1-2H3. The quantitative estimate of drug-likeness (QED) is 0.661. The molecule has 0 radical (unpaired) electrons. The summed E-state index contributed by atoms with van der Waals surface area (Å²) < 4.78 is 23.2. The first-order chi connectivity index (χ1) is 7.04. The van der Waals surface area contributed by atoms with Crippen molar-refractivity contribution in [1.29, 1.82) is 0 Å². The molecule has 90 valence electrons. The van der Waals surface area contributed by atoms with Gasteiger partial charge in [0.25, 0.3) is 0 Å². The summed E-state index contributed by atoms with van der Waals surface area (Å²) in [5.41, 5.74) is 0. The maximum absolute atomic E-state index is 11.4. The highest BCUT2D eigenvalue weighted by Crippen LogP contribution is 2.46. The molecule has 15 heavy (non-hydrogen) atoms. The van der Waals surface area contributed by atoms with E-state index in [-0.39, 0.29) is 5.75 Å². The number of hydrogen-bond donors (Lipinski definition) is 1. The normalized spacial score (nSPS) is 19.1. The lowest BCUT2D eigenvalue weighted by atomic mass is 10.4. The second kappa shape index (κ2) is 5.55. The third kappa shape index (κ3) is 4.74. The minimum Gasteiger partial charge on any atom is -0.314 e. The first-order valence-electron chi connectivity index (χ1n) is 5.50. The van der Waals surface area contributed by atoms with Gasteiger partial charge in [-0.2, -0.15) is 11.8 Å². The van der Waals surface area contributed by atoms with Gasteiger partial charge >= 0.3 is 0 Å². The third-order valence-corrected chi connectivity index (χ3v) is 6.07. The van der Waals surface area contributed by atoms with Crippen molar-refractivity contribution in [2.45, 2.75) is 30.9 Å². The van der Waals surface area contributed by atoms with E-state index in [0.717, 1.165) is 13.0 Å². The van der Waals surface area contributed by atoms with Gasteiger partial charge in [0, 0.05) is 23.6 Å². The largest absolute Gasteiger partial charge is 0.314 e. The van der Waals surface area contributed by atoms with Gasteiger partial charge in [-0.25, -0.2) is 8.42 Å². The summed E-state index contributed by atoms with van der Waals surface area (Å²) in [5.74, 6) is 0.605. The highest BCUT2D eigenvalue weighted by atomic mass is 32.2. The summed E-state index contributed by atoms with van der Waals surface area (Å²) in [6.07, 6.45) is 5.38. The van der Waals surface area contributed by atoms with Crippen LogP contribution in [0.25, 0.3) is 0 Å². The van der Waals surface area contributed by atoms with Crippen LogP contribution < -0.4 is 5.32 Å². The van der Waals surface area contributed by atoms with Crippen LogP contribution in [0.3, 0.4) is 0 Å². The van der Waals surface area contributed by atoms with Crippen LogP contribution in [0.4, 0.5) is 0 Å². The Bertz CT molecular complexity index is 284. The first-order valence-corrected chi connectivity index (χ1v) is 8.54. The zero-order valence-electron chi connectivity index (χ0n) is 9.58. The van der Waals surface area contributed by atoms with Gasteiger partial charge in [-0.05, 0) is 25.5 Å². The molecular formula is C10H21NO2S2. The molecule has 1 fully saturated rings. The molecule has 0 heterocycles. The maximum atomic E-state index is 11.4. The molecule has 0 amide bonds. The van der Waals surface area contributed by atoms with Gasteiger partial charge in [-0.1, -0.05) is 6.92 Å². The lowest BCUT2D eigenvalue weighted by Crippen LogP contribution is -2.30. The van der Waals surface area contributed by atoms with E-state index in [0.29, 0.717) is 17.0 Å². The Morgan fingerprint density at radius 1 is 1.33 bits per heavy atom. The van der Waals surface area contributed by atoms with Gasteiger partial charge in [0.1, 0.15) is 0 Å². The van der Waals surface area contributed by atoms with Gasteiger partial charge in [-0.15, -0.1) is 0 Å². The summed E-state index contributed by atoms with van der Waals surface area (Å²) in [6.45, 7) is 3.46. The Kier molecular flexibility index (Phi) is 4.93. The molecule has 1 N–H and O–H groups in total. The fourth-order valence-corrected chi connectivity index (χ4v) is 3.59. The van der Waals surface area contributed by atoms with Crippen LogP contribution in [0.15, 0.2) is 0 Å². The van der Waals surface area contributed by atoms with Crippen molar-refractivity contribution >= 4 is 21.6 Å². The van der Waals surface area contributed by atoms with E-state index in [2.05, 4.69) is 11.6 Å². The Labute approximate surface area is 97.3 Å². The van der Waals surface area contributed by atoms with Gasteiger partial charge in [-0.3, -0.25) is 0 Å². The van der Waals surface area contributed by atoms with E-state index in [4.69, 9.17) is 0 Å². The molecule has 1 aliphatic carbocycles. The monoisotopic (exact) mass is 251 g/mol. The van der Waals surface area contributed by atoms with Crippen molar-refractivity contribution in [3.8, 4) is 0 Å². The average Bonchev–Trinajstić information content (AvgIpc) is 2.93. The Balaban J connectivity index is 2.11. The molecule has 0 aliphatic heterocycles. The van der Waals surface area contributed by atoms with E-state index in [1.807, 2.05) is 18.7 Å². The number of nitrogens with one attached hydrogen (secondary N) is 1. The number of sulfone groups is 1. The molecule has 0 aromatic carbocycles. The second-order valence-electron chi connectivity index (χ2n) is 4.22. The van der Waals surface area contributed by atoms with E-state index in [1.54, 1.807) is 0 Å². The number of hydrogen-bond acceptors (Lipinski definition) is 4.